The molecule has 5 nitrogen and oxygen atoms in total. The molecule has 0 radical (unpaired) electrons. The highest BCUT2D eigenvalue weighted by Crippen LogP contribution is 2.19. The lowest BCUT2D eigenvalue weighted by Gasteiger charge is -2.27. The van der Waals surface area contributed by atoms with E-state index in [9.17, 15) is 9.90 Å². The molecule has 1 fully saturated rings. The van der Waals surface area contributed by atoms with Gasteiger partial charge in [0.25, 0.3) is 5.91 Å². The van der Waals surface area contributed by atoms with Gasteiger partial charge in [-0.05, 0) is 47.0 Å². The smallest absolute Gasteiger partial charge is 0.259 e. The monoisotopic (exact) mass is 346 g/mol. The van der Waals surface area contributed by atoms with Gasteiger partial charge in [0.2, 0.25) is 0 Å². The zero-order valence-corrected chi connectivity index (χ0v) is 15.7. The summed E-state index contributed by atoms with van der Waals surface area (Å²) in [6.07, 6.45) is 4.06. The predicted octanol–water partition coefficient (Wildman–Crippen LogP) is 3.70. The minimum atomic E-state index is -0.500. The number of nitrogens with one attached hydrogen (secondary N) is 1. The number of piperidine rings is 1. The molecule has 0 atom stereocenters. The number of nitrogens with zero attached hydrogens (tertiary/aromatic N) is 1. The summed E-state index contributed by atoms with van der Waals surface area (Å²) in [5.74, 6) is -0.367. The molecule has 1 heterocycles. The number of amides is 1. The first-order valence-corrected chi connectivity index (χ1v) is 8.66. The third-order valence-electron chi connectivity index (χ3n) is 3.60. The molecule has 0 unspecified atom stereocenters. The van der Waals surface area contributed by atoms with Crippen LogP contribution < -0.4 is 0 Å². The maximum absolute atomic E-state index is 12.4. The van der Waals surface area contributed by atoms with Crippen molar-refractivity contribution in [3.8, 4) is 0 Å². The maximum Gasteiger partial charge on any atom is 0.259 e. The van der Waals surface area contributed by atoms with E-state index in [0.717, 1.165) is 31.0 Å². The van der Waals surface area contributed by atoms with E-state index in [1.807, 2.05) is 19.1 Å². The van der Waals surface area contributed by atoms with E-state index in [-0.39, 0.29) is 17.2 Å². The lowest BCUT2D eigenvalue weighted by atomic mass is 10.0. The summed E-state index contributed by atoms with van der Waals surface area (Å²) in [6.45, 7) is 8.60. The summed E-state index contributed by atoms with van der Waals surface area (Å²) in [4.78, 5) is 14.1. The average Bonchev–Trinajstić information content (AvgIpc) is 2.55. The van der Waals surface area contributed by atoms with Crippen LogP contribution in [-0.2, 0) is 4.79 Å². The Morgan fingerprint density at radius 1 is 1.12 bits per heavy atom. The molecule has 25 heavy (non-hydrogen) atoms. The van der Waals surface area contributed by atoms with Crippen LogP contribution in [0.15, 0.2) is 29.8 Å². The van der Waals surface area contributed by atoms with Crippen LogP contribution in [0.2, 0.25) is 0 Å². The van der Waals surface area contributed by atoms with Gasteiger partial charge in [-0.3, -0.25) is 4.79 Å². The van der Waals surface area contributed by atoms with Crippen molar-refractivity contribution >= 4 is 17.9 Å². The molecule has 2 rings (SSSR count). The number of benzene rings is 1. The minimum absolute atomic E-state index is 0.0655. The third kappa shape index (κ3) is 7.52. The summed E-state index contributed by atoms with van der Waals surface area (Å²) in [7, 11) is 0. The number of hydrogen-bond donors (Lipinski definition) is 3. The van der Waals surface area contributed by atoms with Crippen molar-refractivity contribution in [3.05, 3.63) is 41.0 Å². The quantitative estimate of drug-likeness (QED) is 0.443. The van der Waals surface area contributed by atoms with Crippen LogP contribution in [0.4, 0.5) is 0 Å². The number of aliphatic hydroxyl groups is 2. The second-order valence-corrected chi connectivity index (χ2v) is 7.30. The molecule has 1 aliphatic heterocycles. The van der Waals surface area contributed by atoms with Crippen LogP contribution in [0.3, 0.4) is 0 Å². The Hall–Kier alpha value is -2.14. The standard InChI is InChI=1S/C16H20N2O2.C4H10O/c1-12-5-7-13(8-6-12)15(19)14(11-17)16(20)18-9-3-2-4-10-18;1-4(2,3)5/h5-8,11,17,19H,2-4,9-10H2,1H3;5H,1-3H3/b15-14+,17-11?;. The average molecular weight is 346 g/mol. The highest BCUT2D eigenvalue weighted by Gasteiger charge is 2.22. The van der Waals surface area contributed by atoms with Gasteiger partial charge in [0, 0.05) is 24.9 Å². The molecule has 1 aromatic rings. The van der Waals surface area contributed by atoms with Gasteiger partial charge in [0.05, 0.1) is 11.2 Å². The molecule has 0 bridgehead atoms. The molecule has 0 spiro atoms. The van der Waals surface area contributed by atoms with E-state index in [4.69, 9.17) is 10.5 Å². The topological polar surface area (TPSA) is 84.6 Å². The van der Waals surface area contributed by atoms with Crippen molar-refractivity contribution in [2.45, 2.75) is 52.6 Å². The molecular formula is C20H30N2O3. The molecular weight excluding hydrogens is 316 g/mol. The molecule has 1 saturated heterocycles. The van der Waals surface area contributed by atoms with Crippen LogP contribution >= 0.6 is 0 Å². The van der Waals surface area contributed by atoms with Crippen LogP contribution in [0.5, 0.6) is 0 Å². The van der Waals surface area contributed by atoms with E-state index in [1.54, 1.807) is 37.8 Å². The fraction of sp³-hybridized carbons (Fsp3) is 0.500. The molecule has 1 amide bonds. The number of hydrogen-bond acceptors (Lipinski definition) is 4. The van der Waals surface area contributed by atoms with Crippen LogP contribution in [0.25, 0.3) is 5.76 Å². The maximum atomic E-state index is 12.4. The first kappa shape index (κ1) is 20.9. The van der Waals surface area contributed by atoms with Crippen molar-refractivity contribution in [3.63, 3.8) is 0 Å². The van der Waals surface area contributed by atoms with Gasteiger partial charge >= 0.3 is 0 Å². The summed E-state index contributed by atoms with van der Waals surface area (Å²) in [6, 6.07) is 7.27. The molecule has 0 saturated carbocycles. The fourth-order valence-electron chi connectivity index (χ4n) is 2.37. The molecule has 1 aromatic carbocycles. The highest BCUT2D eigenvalue weighted by atomic mass is 16.3. The van der Waals surface area contributed by atoms with Crippen molar-refractivity contribution in [2.24, 2.45) is 0 Å². The molecule has 1 aliphatic rings. The second-order valence-electron chi connectivity index (χ2n) is 7.30. The Labute approximate surface area is 150 Å². The summed E-state index contributed by atoms with van der Waals surface area (Å²) >= 11 is 0. The molecule has 3 N–H and O–H groups in total. The van der Waals surface area contributed by atoms with Gasteiger partial charge in [-0.25, -0.2) is 0 Å². The first-order valence-electron chi connectivity index (χ1n) is 8.66. The van der Waals surface area contributed by atoms with Crippen LogP contribution in [0, 0.1) is 12.3 Å². The third-order valence-corrected chi connectivity index (χ3v) is 3.60. The molecule has 0 aliphatic carbocycles. The zero-order valence-electron chi connectivity index (χ0n) is 15.7. The lowest BCUT2D eigenvalue weighted by Crippen LogP contribution is -2.37. The Bertz CT molecular complexity index is 601. The lowest BCUT2D eigenvalue weighted by molar-refractivity contribution is -0.127. The number of aliphatic hydroxyl groups excluding tert-OH is 1. The van der Waals surface area contributed by atoms with Crippen LogP contribution in [-0.4, -0.2) is 45.9 Å². The molecule has 138 valence electrons. The van der Waals surface area contributed by atoms with E-state index in [0.29, 0.717) is 18.7 Å². The fourth-order valence-corrected chi connectivity index (χ4v) is 2.37. The first-order chi connectivity index (χ1) is 11.6. The van der Waals surface area contributed by atoms with Crippen molar-refractivity contribution in [1.82, 2.24) is 4.90 Å². The van der Waals surface area contributed by atoms with Gasteiger partial charge in [0.1, 0.15) is 5.76 Å². The second kappa shape index (κ2) is 9.37. The number of carbonyl (C=O) groups excluding carboxylic acids is 1. The number of likely N-dealkylation sites (tertiary alicyclic amines) is 1. The summed E-state index contributed by atoms with van der Waals surface area (Å²) < 4.78 is 0. The van der Waals surface area contributed by atoms with E-state index in [2.05, 4.69) is 0 Å². The van der Waals surface area contributed by atoms with Gasteiger partial charge in [-0.2, -0.15) is 0 Å². The van der Waals surface area contributed by atoms with Gasteiger partial charge in [-0.15, -0.1) is 0 Å². The SMILES string of the molecule is CC(C)(C)O.Cc1ccc(/C(O)=C(/C=N)C(=O)N2CCCCC2)cc1. The Balaban J connectivity index is 0.000000550. The van der Waals surface area contributed by atoms with Crippen molar-refractivity contribution in [1.29, 1.82) is 5.41 Å². The van der Waals surface area contributed by atoms with E-state index in [1.165, 1.54) is 0 Å². The number of carbonyl (C=O) groups is 1. The van der Waals surface area contributed by atoms with Gasteiger partial charge < -0.3 is 20.5 Å². The van der Waals surface area contributed by atoms with Gasteiger partial charge in [0.15, 0.2) is 0 Å². The van der Waals surface area contributed by atoms with E-state index >= 15 is 0 Å². The molecule has 0 aromatic heterocycles. The zero-order chi connectivity index (χ0) is 19.0. The Morgan fingerprint density at radius 3 is 2.04 bits per heavy atom. The van der Waals surface area contributed by atoms with Crippen LogP contribution in [0.1, 0.15) is 51.2 Å². The largest absolute Gasteiger partial charge is 0.506 e. The summed E-state index contributed by atoms with van der Waals surface area (Å²) in [5, 5.41) is 26.2. The Morgan fingerprint density at radius 2 is 1.60 bits per heavy atom. The van der Waals surface area contributed by atoms with Crippen molar-refractivity contribution < 1.29 is 15.0 Å². The summed E-state index contributed by atoms with van der Waals surface area (Å²) in [5.41, 5.74) is 1.22. The Kier molecular flexibility index (Phi) is 7.84. The highest BCUT2D eigenvalue weighted by molar-refractivity contribution is 6.16. The number of rotatable bonds is 3. The minimum Gasteiger partial charge on any atom is -0.506 e. The van der Waals surface area contributed by atoms with Crippen molar-refractivity contribution in [2.75, 3.05) is 13.1 Å². The molecule has 5 heteroatoms. The van der Waals surface area contributed by atoms with Gasteiger partial charge in [-0.1, -0.05) is 29.8 Å². The number of aryl methyl sites for hydroxylation is 1. The predicted molar refractivity (Wildman–Crippen MR) is 102 cm³/mol. The van der Waals surface area contributed by atoms with E-state index < -0.39 is 5.60 Å². The normalized spacial score (nSPS) is 15.6.